The summed E-state index contributed by atoms with van der Waals surface area (Å²) in [7, 11) is 0. The molecular weight excluding hydrogens is 237 g/mol. The highest BCUT2D eigenvalue weighted by atomic mass is 35.5. The number of halogens is 2. The fraction of sp³-hybridized carbons (Fsp3) is 0.300. The van der Waals surface area contributed by atoms with Crippen molar-refractivity contribution in [2.75, 3.05) is 13.1 Å². The lowest BCUT2D eigenvalue weighted by Crippen LogP contribution is -2.54. The molecule has 1 aliphatic heterocycles. The van der Waals surface area contributed by atoms with Crippen molar-refractivity contribution in [1.82, 2.24) is 4.90 Å². The second-order valence-corrected chi connectivity index (χ2v) is 4.11. The predicted molar refractivity (Wildman–Crippen MR) is 58.7 cm³/mol. The number of carbonyl (C=O) groups excluding carboxylic acids is 1. The minimum absolute atomic E-state index is 0.0360. The van der Waals surface area contributed by atoms with Gasteiger partial charge in [0.15, 0.2) is 0 Å². The molecule has 0 aromatic heterocycles. The molecule has 1 amide bonds. The molecule has 0 bridgehead atoms. The van der Waals surface area contributed by atoms with Gasteiger partial charge in [0.25, 0.3) is 0 Å². The number of nitrogens with zero attached hydrogens (tertiary/aromatic N) is 1. The number of likely N-dealkylation sites (tertiary alicyclic amines) is 1. The molecule has 0 spiro atoms. The lowest BCUT2D eigenvalue weighted by molar-refractivity contribution is 0.0531. The lowest BCUT2D eigenvalue weighted by Gasteiger charge is -2.37. The molecule has 2 rings (SSSR count). The smallest absolute Gasteiger partial charge is 0.316 e. The van der Waals surface area contributed by atoms with Gasteiger partial charge < -0.3 is 9.64 Å². The SMILES string of the molecule is O=C(Cl)N1CC(Oc2ccc(Cl)cc2)C1. The number of hydrogen-bond acceptors (Lipinski definition) is 2. The van der Waals surface area contributed by atoms with Crippen LogP contribution in [0, 0.1) is 0 Å². The molecule has 1 fully saturated rings. The number of benzene rings is 1. The van der Waals surface area contributed by atoms with Crippen LogP contribution in [0.5, 0.6) is 5.75 Å². The summed E-state index contributed by atoms with van der Waals surface area (Å²) in [5, 5.41) is 0.250. The molecule has 80 valence electrons. The van der Waals surface area contributed by atoms with Crippen molar-refractivity contribution in [2.24, 2.45) is 0 Å². The van der Waals surface area contributed by atoms with E-state index in [0.29, 0.717) is 18.1 Å². The van der Waals surface area contributed by atoms with Gasteiger partial charge in [0.05, 0.1) is 13.1 Å². The molecule has 1 saturated heterocycles. The number of ether oxygens (including phenoxy) is 1. The first-order valence-corrected chi connectivity index (χ1v) is 5.27. The molecule has 1 heterocycles. The summed E-state index contributed by atoms with van der Waals surface area (Å²) in [6.45, 7) is 1.09. The Balaban J connectivity index is 1.85. The Morgan fingerprint density at radius 1 is 1.33 bits per heavy atom. The van der Waals surface area contributed by atoms with Gasteiger partial charge in [0.2, 0.25) is 0 Å². The zero-order valence-corrected chi connectivity index (χ0v) is 9.33. The van der Waals surface area contributed by atoms with Crippen LogP contribution in [-0.2, 0) is 0 Å². The second-order valence-electron chi connectivity index (χ2n) is 3.35. The third kappa shape index (κ3) is 2.55. The number of hydrogen-bond donors (Lipinski definition) is 0. The van der Waals surface area contributed by atoms with E-state index in [1.807, 2.05) is 0 Å². The van der Waals surface area contributed by atoms with Crippen LogP contribution in [0.3, 0.4) is 0 Å². The third-order valence-corrected chi connectivity index (χ3v) is 2.70. The molecule has 1 aromatic rings. The lowest BCUT2D eigenvalue weighted by atomic mass is 10.2. The topological polar surface area (TPSA) is 29.5 Å². The Bertz CT molecular complexity index is 360. The van der Waals surface area contributed by atoms with Crippen LogP contribution < -0.4 is 4.74 Å². The standard InChI is InChI=1S/C10H9Cl2NO2/c11-7-1-3-8(4-2-7)15-9-5-13(6-9)10(12)14/h1-4,9H,5-6H2. The molecule has 0 atom stereocenters. The predicted octanol–water partition coefficient (Wildman–Crippen LogP) is 2.76. The van der Waals surface area contributed by atoms with E-state index in [9.17, 15) is 4.79 Å². The van der Waals surface area contributed by atoms with Crippen molar-refractivity contribution in [3.8, 4) is 5.75 Å². The number of carbonyl (C=O) groups is 1. The molecule has 0 radical (unpaired) electrons. The Morgan fingerprint density at radius 2 is 1.93 bits per heavy atom. The van der Waals surface area contributed by atoms with E-state index < -0.39 is 5.37 Å². The van der Waals surface area contributed by atoms with Crippen LogP contribution in [0.2, 0.25) is 5.02 Å². The van der Waals surface area contributed by atoms with Gasteiger partial charge in [0, 0.05) is 5.02 Å². The number of amides is 1. The van der Waals surface area contributed by atoms with Crippen molar-refractivity contribution in [3.05, 3.63) is 29.3 Å². The summed E-state index contributed by atoms with van der Waals surface area (Å²) in [6.07, 6.45) is 0.0360. The van der Waals surface area contributed by atoms with Crippen LogP contribution in [0.25, 0.3) is 0 Å². The minimum Gasteiger partial charge on any atom is -0.487 e. The quantitative estimate of drug-likeness (QED) is 0.593. The maximum atomic E-state index is 10.7. The van der Waals surface area contributed by atoms with Crippen LogP contribution in [0.4, 0.5) is 4.79 Å². The maximum Gasteiger partial charge on any atom is 0.316 e. The van der Waals surface area contributed by atoms with Gasteiger partial charge in [-0.25, -0.2) is 0 Å². The van der Waals surface area contributed by atoms with E-state index in [2.05, 4.69) is 0 Å². The Kier molecular flexibility index (Phi) is 3.03. The molecule has 0 unspecified atom stereocenters. The Morgan fingerprint density at radius 3 is 2.47 bits per heavy atom. The first kappa shape index (κ1) is 10.6. The van der Waals surface area contributed by atoms with Gasteiger partial charge in [-0.3, -0.25) is 4.79 Å². The van der Waals surface area contributed by atoms with Gasteiger partial charge in [-0.05, 0) is 35.9 Å². The highest BCUT2D eigenvalue weighted by Crippen LogP contribution is 2.20. The molecule has 15 heavy (non-hydrogen) atoms. The van der Waals surface area contributed by atoms with Gasteiger partial charge in [0.1, 0.15) is 11.9 Å². The molecule has 5 heteroatoms. The van der Waals surface area contributed by atoms with Gasteiger partial charge >= 0.3 is 5.37 Å². The van der Waals surface area contributed by atoms with Crippen molar-refractivity contribution in [1.29, 1.82) is 0 Å². The highest BCUT2D eigenvalue weighted by Gasteiger charge is 2.31. The Labute approximate surface area is 97.5 Å². The maximum absolute atomic E-state index is 10.7. The fourth-order valence-corrected chi connectivity index (χ4v) is 1.63. The summed E-state index contributed by atoms with van der Waals surface area (Å²) in [4.78, 5) is 12.2. The van der Waals surface area contributed by atoms with Crippen molar-refractivity contribution in [2.45, 2.75) is 6.10 Å². The first-order chi connectivity index (χ1) is 7.15. The molecule has 0 N–H and O–H groups in total. The molecule has 0 aliphatic carbocycles. The van der Waals surface area contributed by atoms with E-state index in [1.165, 1.54) is 4.90 Å². The second kappa shape index (κ2) is 4.29. The highest BCUT2D eigenvalue weighted by molar-refractivity contribution is 6.62. The van der Waals surface area contributed by atoms with Gasteiger partial charge in [-0.1, -0.05) is 11.6 Å². The molecule has 1 aliphatic rings. The Hall–Kier alpha value is -0.930. The zero-order chi connectivity index (χ0) is 10.8. The van der Waals surface area contributed by atoms with Crippen molar-refractivity contribution >= 4 is 28.6 Å². The van der Waals surface area contributed by atoms with Crippen molar-refractivity contribution in [3.63, 3.8) is 0 Å². The first-order valence-electron chi connectivity index (χ1n) is 4.52. The molecule has 0 saturated carbocycles. The summed E-state index contributed by atoms with van der Waals surface area (Å²) in [5.41, 5.74) is 0. The summed E-state index contributed by atoms with van der Waals surface area (Å²) < 4.78 is 5.57. The van der Waals surface area contributed by atoms with E-state index in [4.69, 9.17) is 27.9 Å². The van der Waals surface area contributed by atoms with E-state index in [-0.39, 0.29) is 6.10 Å². The zero-order valence-electron chi connectivity index (χ0n) is 7.82. The van der Waals surface area contributed by atoms with Crippen molar-refractivity contribution < 1.29 is 9.53 Å². The van der Waals surface area contributed by atoms with Crippen LogP contribution in [0.1, 0.15) is 0 Å². The summed E-state index contributed by atoms with van der Waals surface area (Å²) in [6, 6.07) is 7.13. The van der Waals surface area contributed by atoms with Gasteiger partial charge in [-0.2, -0.15) is 0 Å². The molecule has 3 nitrogen and oxygen atoms in total. The molecular formula is C10H9Cl2NO2. The third-order valence-electron chi connectivity index (χ3n) is 2.21. The average molecular weight is 246 g/mol. The van der Waals surface area contributed by atoms with Crippen LogP contribution in [0.15, 0.2) is 24.3 Å². The van der Waals surface area contributed by atoms with E-state index in [0.717, 1.165) is 5.75 Å². The minimum atomic E-state index is -0.425. The van der Waals surface area contributed by atoms with E-state index in [1.54, 1.807) is 24.3 Å². The largest absolute Gasteiger partial charge is 0.487 e. The van der Waals surface area contributed by atoms with Crippen LogP contribution >= 0.6 is 23.2 Å². The van der Waals surface area contributed by atoms with Crippen LogP contribution in [-0.4, -0.2) is 29.5 Å². The molecule has 1 aromatic carbocycles. The fourth-order valence-electron chi connectivity index (χ4n) is 1.36. The summed E-state index contributed by atoms with van der Waals surface area (Å²) >= 11 is 11.0. The van der Waals surface area contributed by atoms with E-state index >= 15 is 0 Å². The van der Waals surface area contributed by atoms with Gasteiger partial charge in [-0.15, -0.1) is 0 Å². The number of rotatable bonds is 2. The summed E-state index contributed by atoms with van der Waals surface area (Å²) in [5.74, 6) is 0.756. The monoisotopic (exact) mass is 245 g/mol. The normalized spacial score (nSPS) is 16.0. The average Bonchev–Trinajstić information content (AvgIpc) is 2.13.